The smallest absolute Gasteiger partial charge is 0.313 e. The molecule has 3 saturated heterocycles. The molecule has 12 heteroatoms. The quantitative estimate of drug-likeness (QED) is 0.307. The molecule has 5 aliphatic rings. The minimum Gasteiger partial charge on any atom is -0.460 e. The predicted molar refractivity (Wildman–Crippen MR) is 155 cm³/mol. The first-order valence-electron chi connectivity index (χ1n) is 15.7. The summed E-state index contributed by atoms with van der Waals surface area (Å²) in [4.78, 5) is 60.6. The van der Waals surface area contributed by atoms with Crippen molar-refractivity contribution in [2.45, 2.75) is 69.9 Å². The van der Waals surface area contributed by atoms with Crippen LogP contribution in [0.1, 0.15) is 40.0 Å². The molecule has 0 unspecified atom stereocenters. The van der Waals surface area contributed by atoms with E-state index in [2.05, 4.69) is 10.2 Å². The monoisotopic (exact) mass is 602 g/mol. The fourth-order valence-corrected chi connectivity index (χ4v) is 7.08. The molecule has 0 aromatic rings. The van der Waals surface area contributed by atoms with Gasteiger partial charge in [0.15, 0.2) is 0 Å². The van der Waals surface area contributed by atoms with Crippen LogP contribution in [-0.4, -0.2) is 132 Å². The maximum absolute atomic E-state index is 14.7. The fraction of sp³-hybridized carbons (Fsp3) is 0.742. The molecule has 2 N–H and O–H groups in total. The van der Waals surface area contributed by atoms with Crippen molar-refractivity contribution in [3.8, 4) is 0 Å². The molecule has 3 fully saturated rings. The highest BCUT2D eigenvalue weighted by Crippen LogP contribution is 2.56. The Balaban J connectivity index is 1.54. The Morgan fingerprint density at radius 3 is 2.60 bits per heavy atom. The molecule has 8 atom stereocenters. The minimum absolute atomic E-state index is 0.103. The van der Waals surface area contributed by atoms with Crippen molar-refractivity contribution in [3.05, 3.63) is 24.3 Å². The molecule has 5 heterocycles. The van der Waals surface area contributed by atoms with Crippen molar-refractivity contribution in [2.75, 3.05) is 59.1 Å². The molecular formula is C31H46N4O8. The number of hydrogen-bond acceptors (Lipinski definition) is 9. The number of allylic oxidation sites excluding steroid dienone is 1. The third-order valence-corrected chi connectivity index (χ3v) is 9.70. The van der Waals surface area contributed by atoms with Crippen molar-refractivity contribution in [1.29, 1.82) is 0 Å². The minimum atomic E-state index is -1.35. The lowest BCUT2D eigenvalue weighted by molar-refractivity contribution is -0.159. The van der Waals surface area contributed by atoms with Gasteiger partial charge in [-0.15, -0.1) is 0 Å². The number of amides is 3. The molecule has 5 rings (SSSR count). The number of rotatable bonds is 7. The third kappa shape index (κ3) is 6.11. The van der Waals surface area contributed by atoms with Crippen molar-refractivity contribution in [3.63, 3.8) is 0 Å². The van der Waals surface area contributed by atoms with Crippen LogP contribution < -0.4 is 5.32 Å². The number of morpholine rings is 1. The summed E-state index contributed by atoms with van der Waals surface area (Å²) in [7, 11) is 0. The molecule has 1 spiro atoms. The number of carbonyl (C=O) groups excluding carboxylic acids is 4. The topological polar surface area (TPSA) is 138 Å². The Labute approximate surface area is 253 Å². The van der Waals surface area contributed by atoms with Crippen molar-refractivity contribution < 1.29 is 38.5 Å². The van der Waals surface area contributed by atoms with Gasteiger partial charge in [-0.25, -0.2) is 0 Å². The molecule has 5 aliphatic heterocycles. The summed E-state index contributed by atoms with van der Waals surface area (Å²) in [5, 5.41) is 13.4. The number of aliphatic hydroxyl groups excluding tert-OH is 1. The van der Waals surface area contributed by atoms with E-state index in [1.54, 1.807) is 24.0 Å². The van der Waals surface area contributed by atoms with Gasteiger partial charge in [0.25, 0.3) is 0 Å². The highest BCUT2D eigenvalue weighted by atomic mass is 16.6. The molecule has 12 nitrogen and oxygen atoms in total. The number of likely N-dealkylation sites (tertiary alicyclic amines) is 1. The van der Waals surface area contributed by atoms with Gasteiger partial charge in [-0.3, -0.25) is 24.1 Å². The lowest BCUT2D eigenvalue weighted by atomic mass is 9.74. The van der Waals surface area contributed by atoms with Gasteiger partial charge in [0.1, 0.15) is 23.7 Å². The van der Waals surface area contributed by atoms with Gasteiger partial charge < -0.3 is 34.4 Å². The Hall–Kier alpha value is -2.80. The Morgan fingerprint density at radius 2 is 1.88 bits per heavy atom. The van der Waals surface area contributed by atoms with Gasteiger partial charge in [0.2, 0.25) is 17.7 Å². The van der Waals surface area contributed by atoms with Crippen LogP contribution in [0.5, 0.6) is 0 Å². The number of ether oxygens (including phenoxy) is 3. The van der Waals surface area contributed by atoms with E-state index in [0.717, 1.165) is 13.1 Å². The number of aliphatic hydroxyl groups is 1. The maximum atomic E-state index is 14.7. The van der Waals surface area contributed by atoms with Crippen LogP contribution in [0.3, 0.4) is 0 Å². The van der Waals surface area contributed by atoms with Crippen LogP contribution in [-0.2, 0) is 33.4 Å². The summed E-state index contributed by atoms with van der Waals surface area (Å²) in [6, 6.07) is -1.68. The number of fused-ring (bicyclic) bond motifs is 2. The summed E-state index contributed by atoms with van der Waals surface area (Å²) < 4.78 is 17.7. The lowest BCUT2D eigenvalue weighted by Gasteiger charge is -2.41. The number of nitrogens with zero attached hydrogens (tertiary/aromatic N) is 3. The number of hydrogen-bond donors (Lipinski definition) is 2. The summed E-state index contributed by atoms with van der Waals surface area (Å²) in [6.07, 6.45) is 7.43. The van der Waals surface area contributed by atoms with Crippen molar-refractivity contribution in [1.82, 2.24) is 20.0 Å². The normalized spacial score (nSPS) is 36.0. The Kier molecular flexibility index (Phi) is 9.89. The van der Waals surface area contributed by atoms with E-state index in [1.807, 2.05) is 26.0 Å². The van der Waals surface area contributed by atoms with Gasteiger partial charge in [0, 0.05) is 39.1 Å². The van der Waals surface area contributed by atoms with E-state index < -0.39 is 47.7 Å². The summed E-state index contributed by atoms with van der Waals surface area (Å²) >= 11 is 0. The lowest BCUT2D eigenvalue weighted by Crippen LogP contribution is -2.60. The highest BCUT2D eigenvalue weighted by molar-refractivity contribution is 5.99. The van der Waals surface area contributed by atoms with Crippen molar-refractivity contribution >= 4 is 23.7 Å². The molecule has 3 amide bonds. The largest absolute Gasteiger partial charge is 0.460 e. The van der Waals surface area contributed by atoms with E-state index in [1.165, 1.54) is 4.90 Å². The van der Waals surface area contributed by atoms with Crippen LogP contribution >= 0.6 is 0 Å². The molecule has 0 radical (unpaired) electrons. The SMILES string of the molecule is CC[C@H](C)[C@H](CO)N1C(=O)[C@@H]2[C@H]3C(=O)O[C@@H](C)CNC(=O)CC/C=C\CN(CCN4CCOCC4)C(=O)[C@@H]1[C@]21C=C[C@H]3O1. The summed E-state index contributed by atoms with van der Waals surface area (Å²) in [5.41, 5.74) is -1.35. The Bertz CT molecular complexity index is 1120. The number of cyclic esters (lactones) is 1. The molecule has 43 heavy (non-hydrogen) atoms. The van der Waals surface area contributed by atoms with Crippen LogP contribution in [0.15, 0.2) is 24.3 Å². The van der Waals surface area contributed by atoms with E-state index >= 15 is 0 Å². The van der Waals surface area contributed by atoms with Gasteiger partial charge in [-0.05, 0) is 19.3 Å². The fourth-order valence-electron chi connectivity index (χ4n) is 7.08. The second-order valence-corrected chi connectivity index (χ2v) is 12.4. The number of carbonyl (C=O) groups is 4. The van der Waals surface area contributed by atoms with Crippen LogP contribution in [0.2, 0.25) is 0 Å². The van der Waals surface area contributed by atoms with Gasteiger partial charge in [-0.2, -0.15) is 0 Å². The zero-order chi connectivity index (χ0) is 30.7. The van der Waals surface area contributed by atoms with E-state index in [-0.39, 0.29) is 49.8 Å². The van der Waals surface area contributed by atoms with Gasteiger partial charge >= 0.3 is 5.97 Å². The molecule has 0 aromatic carbocycles. The summed E-state index contributed by atoms with van der Waals surface area (Å²) in [5.74, 6) is -3.42. The van der Waals surface area contributed by atoms with Gasteiger partial charge in [0.05, 0.1) is 44.4 Å². The van der Waals surface area contributed by atoms with E-state index in [0.29, 0.717) is 39.1 Å². The first-order chi connectivity index (χ1) is 20.7. The molecule has 238 valence electrons. The first kappa shape index (κ1) is 31.6. The number of nitrogens with one attached hydrogen (secondary N) is 1. The molecule has 0 aromatic heterocycles. The predicted octanol–water partition coefficient (Wildman–Crippen LogP) is 0.103. The Morgan fingerprint density at radius 1 is 1.12 bits per heavy atom. The van der Waals surface area contributed by atoms with E-state index in [4.69, 9.17) is 14.2 Å². The van der Waals surface area contributed by atoms with Crippen LogP contribution in [0.25, 0.3) is 0 Å². The van der Waals surface area contributed by atoms with Gasteiger partial charge in [-0.1, -0.05) is 44.6 Å². The molecule has 0 saturated carbocycles. The van der Waals surface area contributed by atoms with Crippen LogP contribution in [0.4, 0.5) is 0 Å². The van der Waals surface area contributed by atoms with E-state index in [9.17, 15) is 24.3 Å². The zero-order valence-electron chi connectivity index (χ0n) is 25.5. The molecular weight excluding hydrogens is 556 g/mol. The second-order valence-electron chi connectivity index (χ2n) is 12.4. The van der Waals surface area contributed by atoms with Crippen molar-refractivity contribution in [2.24, 2.45) is 17.8 Å². The third-order valence-electron chi connectivity index (χ3n) is 9.70. The summed E-state index contributed by atoms with van der Waals surface area (Å²) in [6.45, 7) is 9.58. The molecule has 5 bridgehead atoms. The standard InChI is InChI=1S/C31H46N4O8/c1-4-20(2)22(19-36)35-27-29(39)34(13-12-33-14-16-41-17-15-33)11-7-5-6-8-24(37)32-18-21(3)42-30(40)25-23-9-10-31(27,43-23)26(25)28(35)38/h5,7,9-10,20-23,25-27,36H,4,6,8,11-19H2,1-3H3,(H,32,37)/b7-5-/t20-,21-,22-,23+,25-,26-,27+,31-/m0/s1. The maximum Gasteiger partial charge on any atom is 0.313 e. The molecule has 0 aliphatic carbocycles. The number of esters is 1. The average Bonchev–Trinajstić information content (AvgIpc) is 3.65. The average molecular weight is 603 g/mol. The first-order valence-corrected chi connectivity index (χ1v) is 15.7. The second kappa shape index (κ2) is 13.5. The highest BCUT2D eigenvalue weighted by Gasteiger charge is 2.74. The van der Waals surface area contributed by atoms with Crippen LogP contribution in [0, 0.1) is 17.8 Å². The zero-order valence-corrected chi connectivity index (χ0v) is 25.5.